The van der Waals surface area contributed by atoms with Gasteiger partial charge in [-0.3, -0.25) is 4.90 Å². The fraction of sp³-hybridized carbons (Fsp3) is 0.381. The molecule has 0 spiro atoms. The predicted molar refractivity (Wildman–Crippen MR) is 99.3 cm³/mol. The summed E-state index contributed by atoms with van der Waals surface area (Å²) in [6.07, 6.45) is 2.39. The summed E-state index contributed by atoms with van der Waals surface area (Å²) < 4.78 is 0. The molecule has 0 saturated carbocycles. The predicted octanol–water partition coefficient (Wildman–Crippen LogP) is 3.20. The van der Waals surface area contributed by atoms with E-state index in [1.807, 2.05) is 35.2 Å². The van der Waals surface area contributed by atoms with Gasteiger partial charge in [0.1, 0.15) is 0 Å². The lowest BCUT2D eigenvalue weighted by molar-refractivity contribution is 0.108. The number of hydrogen-bond acceptors (Lipinski definition) is 2. The van der Waals surface area contributed by atoms with Crippen LogP contribution in [0.15, 0.2) is 54.6 Å². The Bertz CT molecular complexity index is 723. The molecule has 2 aromatic carbocycles. The molecule has 0 radical (unpaired) electrons. The Kier molecular flexibility index (Phi) is 4.70. The van der Waals surface area contributed by atoms with Gasteiger partial charge in [0.2, 0.25) is 0 Å². The molecule has 4 nitrogen and oxygen atoms in total. The minimum absolute atomic E-state index is 0.0512. The number of nitrogens with zero attached hydrogens (tertiary/aromatic N) is 2. The molecule has 0 aromatic heterocycles. The maximum Gasteiger partial charge on any atom is 0.317 e. The summed E-state index contributed by atoms with van der Waals surface area (Å²) in [5, 5.41) is 3.04. The highest BCUT2D eigenvalue weighted by molar-refractivity contribution is 5.74. The molecule has 1 saturated heterocycles. The van der Waals surface area contributed by atoms with E-state index < -0.39 is 0 Å². The molecule has 130 valence electrons. The van der Waals surface area contributed by atoms with Crippen LogP contribution in [0.3, 0.4) is 0 Å². The molecule has 0 bridgehead atoms. The average Bonchev–Trinajstić information content (AvgIpc) is 3.11. The van der Waals surface area contributed by atoms with E-state index in [-0.39, 0.29) is 6.03 Å². The highest BCUT2D eigenvalue weighted by Gasteiger charge is 2.30. The van der Waals surface area contributed by atoms with Crippen molar-refractivity contribution in [2.75, 3.05) is 26.2 Å². The molecule has 2 aromatic rings. The number of urea groups is 1. The third-order valence-electron chi connectivity index (χ3n) is 5.43. The van der Waals surface area contributed by atoms with E-state index in [1.165, 1.54) is 24.0 Å². The van der Waals surface area contributed by atoms with Gasteiger partial charge in [0.05, 0.1) is 0 Å². The van der Waals surface area contributed by atoms with E-state index in [0.717, 1.165) is 31.7 Å². The second-order valence-electron chi connectivity index (χ2n) is 6.92. The van der Waals surface area contributed by atoms with E-state index in [4.69, 9.17) is 0 Å². The van der Waals surface area contributed by atoms with E-state index >= 15 is 0 Å². The van der Waals surface area contributed by atoms with Crippen molar-refractivity contribution < 1.29 is 4.79 Å². The van der Waals surface area contributed by atoms with Crippen LogP contribution < -0.4 is 5.32 Å². The molecule has 1 unspecified atom stereocenters. The first-order chi connectivity index (χ1) is 12.3. The van der Waals surface area contributed by atoms with Crippen LogP contribution in [0.1, 0.15) is 29.2 Å². The molecular weight excluding hydrogens is 310 g/mol. The summed E-state index contributed by atoms with van der Waals surface area (Å²) in [5.41, 5.74) is 4.12. The highest BCUT2D eigenvalue weighted by atomic mass is 16.2. The van der Waals surface area contributed by atoms with Gasteiger partial charge in [-0.2, -0.15) is 0 Å². The van der Waals surface area contributed by atoms with Crippen LogP contribution in [0, 0.1) is 0 Å². The number of amides is 2. The van der Waals surface area contributed by atoms with Gasteiger partial charge in [-0.05, 0) is 29.5 Å². The summed E-state index contributed by atoms with van der Waals surface area (Å²) >= 11 is 0. The van der Waals surface area contributed by atoms with Crippen LogP contribution >= 0.6 is 0 Å². The molecule has 25 heavy (non-hydrogen) atoms. The number of rotatable bonds is 3. The third-order valence-corrected chi connectivity index (χ3v) is 5.43. The van der Waals surface area contributed by atoms with Gasteiger partial charge in [0, 0.05) is 38.8 Å². The van der Waals surface area contributed by atoms with Crippen LogP contribution in [0.25, 0.3) is 0 Å². The number of benzene rings is 2. The minimum atomic E-state index is 0.0512. The molecular formula is C21H25N3O. The number of hydrogen-bond donors (Lipinski definition) is 1. The van der Waals surface area contributed by atoms with E-state index in [1.54, 1.807) is 0 Å². The van der Waals surface area contributed by atoms with Gasteiger partial charge in [0.25, 0.3) is 0 Å². The molecule has 1 aliphatic carbocycles. The zero-order valence-electron chi connectivity index (χ0n) is 14.5. The summed E-state index contributed by atoms with van der Waals surface area (Å²) in [6, 6.07) is 19.5. The Morgan fingerprint density at radius 3 is 2.48 bits per heavy atom. The summed E-state index contributed by atoms with van der Waals surface area (Å²) in [6.45, 7) is 4.12. The van der Waals surface area contributed by atoms with Gasteiger partial charge < -0.3 is 10.2 Å². The zero-order valence-corrected chi connectivity index (χ0v) is 14.5. The Morgan fingerprint density at radius 2 is 1.68 bits per heavy atom. The second kappa shape index (κ2) is 7.28. The van der Waals surface area contributed by atoms with Crippen molar-refractivity contribution in [2.45, 2.75) is 25.4 Å². The number of carbonyl (C=O) groups excluding carboxylic acids is 1. The number of carbonyl (C=O) groups is 1. The molecule has 1 atom stereocenters. The number of piperazine rings is 1. The number of aryl methyl sites for hydroxylation is 1. The third kappa shape index (κ3) is 3.54. The first kappa shape index (κ1) is 16.2. The first-order valence-corrected chi connectivity index (χ1v) is 9.20. The average molecular weight is 335 g/mol. The maximum atomic E-state index is 12.4. The van der Waals surface area contributed by atoms with E-state index in [0.29, 0.717) is 12.6 Å². The molecule has 1 aliphatic heterocycles. The van der Waals surface area contributed by atoms with Gasteiger partial charge in [-0.15, -0.1) is 0 Å². The van der Waals surface area contributed by atoms with E-state index in [9.17, 15) is 4.79 Å². The van der Waals surface area contributed by atoms with Crippen LogP contribution in [-0.4, -0.2) is 42.0 Å². The molecule has 4 rings (SSSR count). The van der Waals surface area contributed by atoms with Gasteiger partial charge in [-0.25, -0.2) is 4.79 Å². The molecule has 1 fully saturated rings. The first-order valence-electron chi connectivity index (χ1n) is 9.20. The second-order valence-corrected chi connectivity index (χ2v) is 6.92. The lowest BCUT2D eigenvalue weighted by Gasteiger charge is -2.38. The molecule has 1 N–H and O–H groups in total. The standard InChI is InChI=1S/C21H25N3O/c25-21(22-16-17-6-2-1-3-7-17)24-14-12-23(13-15-24)20-11-10-18-8-4-5-9-19(18)20/h1-9,20H,10-16H2,(H,22,25). The zero-order chi connectivity index (χ0) is 17.1. The van der Waals surface area contributed by atoms with Crippen molar-refractivity contribution in [3.63, 3.8) is 0 Å². The number of nitrogens with one attached hydrogen (secondary N) is 1. The Balaban J connectivity index is 1.29. The van der Waals surface area contributed by atoms with Gasteiger partial charge >= 0.3 is 6.03 Å². The minimum Gasteiger partial charge on any atom is -0.334 e. The van der Waals surface area contributed by atoms with Crippen molar-refractivity contribution in [3.05, 3.63) is 71.3 Å². The van der Waals surface area contributed by atoms with Crippen molar-refractivity contribution in [2.24, 2.45) is 0 Å². The van der Waals surface area contributed by atoms with Crippen molar-refractivity contribution in [1.82, 2.24) is 15.1 Å². The SMILES string of the molecule is O=C(NCc1ccccc1)N1CCN(C2CCc3ccccc32)CC1. The Labute approximate surface area is 149 Å². The summed E-state index contributed by atoms with van der Waals surface area (Å²) in [7, 11) is 0. The smallest absolute Gasteiger partial charge is 0.317 e. The van der Waals surface area contributed by atoms with Crippen LogP contribution in [0.2, 0.25) is 0 Å². The molecule has 1 heterocycles. The Morgan fingerprint density at radius 1 is 0.960 bits per heavy atom. The fourth-order valence-corrected chi connectivity index (χ4v) is 4.04. The summed E-state index contributed by atoms with van der Waals surface area (Å²) in [4.78, 5) is 16.9. The molecule has 2 amide bonds. The quantitative estimate of drug-likeness (QED) is 0.935. The molecule has 2 aliphatic rings. The lowest BCUT2D eigenvalue weighted by atomic mass is 10.1. The largest absolute Gasteiger partial charge is 0.334 e. The molecule has 4 heteroatoms. The van der Waals surface area contributed by atoms with Gasteiger partial charge in [0.15, 0.2) is 0 Å². The van der Waals surface area contributed by atoms with E-state index in [2.05, 4.69) is 34.5 Å². The monoisotopic (exact) mass is 335 g/mol. The van der Waals surface area contributed by atoms with Crippen LogP contribution in [0.5, 0.6) is 0 Å². The van der Waals surface area contributed by atoms with Crippen molar-refractivity contribution in [3.8, 4) is 0 Å². The topological polar surface area (TPSA) is 35.6 Å². The maximum absolute atomic E-state index is 12.4. The normalized spacial score (nSPS) is 20.3. The van der Waals surface area contributed by atoms with Crippen molar-refractivity contribution in [1.29, 1.82) is 0 Å². The Hall–Kier alpha value is -2.33. The highest BCUT2D eigenvalue weighted by Crippen LogP contribution is 2.35. The van der Waals surface area contributed by atoms with Crippen LogP contribution in [-0.2, 0) is 13.0 Å². The fourth-order valence-electron chi connectivity index (χ4n) is 4.04. The number of fused-ring (bicyclic) bond motifs is 1. The van der Waals surface area contributed by atoms with Crippen molar-refractivity contribution >= 4 is 6.03 Å². The van der Waals surface area contributed by atoms with Crippen LogP contribution in [0.4, 0.5) is 4.79 Å². The van der Waals surface area contributed by atoms with Gasteiger partial charge in [-0.1, -0.05) is 54.6 Å². The summed E-state index contributed by atoms with van der Waals surface area (Å²) in [5.74, 6) is 0. The lowest BCUT2D eigenvalue weighted by Crippen LogP contribution is -2.52.